The van der Waals surface area contributed by atoms with Crippen LogP contribution in [0.15, 0.2) is 65.1 Å². The SMILES string of the molecule is CC[C@H](C)c1ccc2oc(-c3ccc(Cl)c(NC(=S)NC(=O)c4ccccc4I)c3)nc2c1. The summed E-state index contributed by atoms with van der Waals surface area (Å²) in [5, 5.41) is 6.30. The summed E-state index contributed by atoms with van der Waals surface area (Å²) >= 11 is 13.8. The molecule has 0 bridgehead atoms. The topological polar surface area (TPSA) is 67.2 Å². The number of nitrogens with one attached hydrogen (secondary N) is 2. The lowest BCUT2D eigenvalue weighted by atomic mass is 9.98. The second-order valence-corrected chi connectivity index (χ2v) is 9.62. The molecule has 33 heavy (non-hydrogen) atoms. The van der Waals surface area contributed by atoms with Gasteiger partial charge < -0.3 is 9.73 Å². The van der Waals surface area contributed by atoms with Gasteiger partial charge >= 0.3 is 0 Å². The maximum absolute atomic E-state index is 12.5. The van der Waals surface area contributed by atoms with Crippen molar-refractivity contribution >= 4 is 74.2 Å². The molecule has 0 aliphatic heterocycles. The summed E-state index contributed by atoms with van der Waals surface area (Å²) in [6.45, 7) is 4.36. The van der Waals surface area contributed by atoms with Crippen molar-refractivity contribution < 1.29 is 9.21 Å². The fourth-order valence-corrected chi connectivity index (χ4v) is 4.33. The number of aromatic nitrogens is 1. The molecule has 0 spiro atoms. The van der Waals surface area contributed by atoms with Crippen LogP contribution in [0.25, 0.3) is 22.6 Å². The number of halogens is 2. The zero-order chi connectivity index (χ0) is 23.5. The Morgan fingerprint density at radius 3 is 2.73 bits per heavy atom. The average Bonchev–Trinajstić information content (AvgIpc) is 3.23. The smallest absolute Gasteiger partial charge is 0.258 e. The van der Waals surface area contributed by atoms with Crippen LogP contribution in [-0.4, -0.2) is 16.0 Å². The first-order valence-corrected chi connectivity index (χ1v) is 12.3. The summed E-state index contributed by atoms with van der Waals surface area (Å²) in [5.41, 5.74) is 4.61. The van der Waals surface area contributed by atoms with Crippen LogP contribution in [0.3, 0.4) is 0 Å². The molecule has 1 atom stereocenters. The molecule has 168 valence electrons. The first-order chi connectivity index (χ1) is 15.9. The van der Waals surface area contributed by atoms with Crippen LogP contribution >= 0.6 is 46.4 Å². The van der Waals surface area contributed by atoms with Gasteiger partial charge in [0, 0.05) is 9.13 Å². The molecule has 1 aromatic heterocycles. The number of nitrogens with zero attached hydrogens (tertiary/aromatic N) is 1. The van der Waals surface area contributed by atoms with E-state index in [0.29, 0.717) is 28.1 Å². The van der Waals surface area contributed by atoms with Crippen molar-refractivity contribution in [1.82, 2.24) is 10.3 Å². The van der Waals surface area contributed by atoms with Crippen LogP contribution in [0.5, 0.6) is 0 Å². The van der Waals surface area contributed by atoms with Crippen LogP contribution in [-0.2, 0) is 0 Å². The van der Waals surface area contributed by atoms with Gasteiger partial charge in [0.15, 0.2) is 10.7 Å². The lowest BCUT2D eigenvalue weighted by Gasteiger charge is -2.12. The molecular weight excluding hydrogens is 569 g/mol. The van der Waals surface area contributed by atoms with Gasteiger partial charge in [0.2, 0.25) is 5.89 Å². The van der Waals surface area contributed by atoms with Crippen LogP contribution in [0.2, 0.25) is 5.02 Å². The highest BCUT2D eigenvalue weighted by molar-refractivity contribution is 14.1. The molecule has 0 aliphatic rings. The Kier molecular flexibility index (Phi) is 7.31. The minimum absolute atomic E-state index is 0.148. The van der Waals surface area contributed by atoms with E-state index in [1.54, 1.807) is 24.3 Å². The highest BCUT2D eigenvalue weighted by Gasteiger charge is 2.15. The van der Waals surface area contributed by atoms with E-state index in [1.165, 1.54) is 5.56 Å². The van der Waals surface area contributed by atoms with Gasteiger partial charge in [-0.2, -0.15) is 0 Å². The second-order valence-electron chi connectivity index (χ2n) is 7.64. The Morgan fingerprint density at radius 2 is 1.97 bits per heavy atom. The predicted octanol–water partition coefficient (Wildman–Crippen LogP) is 7.39. The monoisotopic (exact) mass is 589 g/mol. The molecule has 0 fully saturated rings. The van der Waals surface area contributed by atoms with Crippen molar-refractivity contribution in [3.63, 3.8) is 0 Å². The number of hydrogen-bond acceptors (Lipinski definition) is 4. The Morgan fingerprint density at radius 1 is 1.18 bits per heavy atom. The van der Waals surface area contributed by atoms with Gasteiger partial charge in [-0.1, -0.05) is 43.6 Å². The summed E-state index contributed by atoms with van der Waals surface area (Å²) in [4.78, 5) is 17.2. The van der Waals surface area contributed by atoms with Gasteiger partial charge in [-0.05, 0) is 95.2 Å². The molecule has 1 amide bonds. The fourth-order valence-electron chi connectivity index (χ4n) is 3.33. The number of rotatable bonds is 5. The van der Waals surface area contributed by atoms with Crippen molar-refractivity contribution in [1.29, 1.82) is 0 Å². The van der Waals surface area contributed by atoms with Gasteiger partial charge in [0.25, 0.3) is 5.91 Å². The van der Waals surface area contributed by atoms with Crippen molar-refractivity contribution in [3.05, 3.63) is 80.4 Å². The molecule has 5 nitrogen and oxygen atoms in total. The number of oxazole rings is 1. The molecular formula is C25H21ClIN3O2S. The second kappa shape index (κ2) is 10.2. The lowest BCUT2D eigenvalue weighted by Crippen LogP contribution is -2.34. The fraction of sp³-hybridized carbons (Fsp3) is 0.160. The molecule has 3 aromatic carbocycles. The van der Waals surface area contributed by atoms with E-state index in [-0.39, 0.29) is 11.0 Å². The van der Waals surface area contributed by atoms with Crippen molar-refractivity contribution in [3.8, 4) is 11.5 Å². The van der Waals surface area contributed by atoms with E-state index in [2.05, 4.69) is 64.2 Å². The molecule has 1 heterocycles. The molecule has 0 unspecified atom stereocenters. The van der Waals surface area contributed by atoms with Crippen LogP contribution < -0.4 is 10.6 Å². The van der Waals surface area contributed by atoms with Gasteiger partial charge in [0.05, 0.1) is 16.3 Å². The zero-order valence-electron chi connectivity index (χ0n) is 18.0. The molecule has 4 aromatic rings. The third kappa shape index (κ3) is 5.37. The van der Waals surface area contributed by atoms with Crippen LogP contribution in [0.4, 0.5) is 5.69 Å². The van der Waals surface area contributed by atoms with Crippen LogP contribution in [0, 0.1) is 3.57 Å². The first-order valence-electron chi connectivity index (χ1n) is 10.4. The average molecular weight is 590 g/mol. The van der Waals surface area contributed by atoms with E-state index >= 15 is 0 Å². The van der Waals surface area contributed by atoms with Crippen molar-refractivity contribution in [2.45, 2.75) is 26.2 Å². The summed E-state index contributed by atoms with van der Waals surface area (Å²) in [6.07, 6.45) is 1.06. The molecule has 0 saturated carbocycles. The van der Waals surface area contributed by atoms with Crippen molar-refractivity contribution in [2.24, 2.45) is 0 Å². The molecule has 2 N–H and O–H groups in total. The maximum atomic E-state index is 12.5. The summed E-state index contributed by atoms with van der Waals surface area (Å²) in [7, 11) is 0. The van der Waals surface area contributed by atoms with Gasteiger partial charge in [0.1, 0.15) is 5.52 Å². The number of carbonyl (C=O) groups excluding carboxylic acids is 1. The van der Waals surface area contributed by atoms with Crippen molar-refractivity contribution in [2.75, 3.05) is 5.32 Å². The Bertz CT molecular complexity index is 1350. The number of carbonyl (C=O) groups is 1. The van der Waals surface area contributed by atoms with E-state index in [1.807, 2.05) is 24.3 Å². The highest BCUT2D eigenvalue weighted by atomic mass is 127. The summed E-state index contributed by atoms with van der Waals surface area (Å²) in [6, 6.07) is 18.8. The van der Waals surface area contributed by atoms with Gasteiger partial charge in [-0.25, -0.2) is 4.98 Å². The van der Waals surface area contributed by atoms with Gasteiger partial charge in [-0.15, -0.1) is 0 Å². The molecule has 4 rings (SSSR count). The van der Waals surface area contributed by atoms with Gasteiger partial charge in [-0.3, -0.25) is 10.1 Å². The number of fused-ring (bicyclic) bond motifs is 1. The highest BCUT2D eigenvalue weighted by Crippen LogP contribution is 2.31. The quantitative estimate of drug-likeness (QED) is 0.188. The standard InChI is InChI=1S/C25H21ClIN3O2S/c1-3-14(2)15-9-11-22-21(12-15)28-24(32-22)16-8-10-18(26)20(13-16)29-25(33)30-23(31)17-6-4-5-7-19(17)27/h4-14H,3H2,1-2H3,(H2,29,30,31,33)/t14-/m0/s1. The third-order valence-electron chi connectivity index (χ3n) is 5.40. The Labute approximate surface area is 216 Å². The summed E-state index contributed by atoms with van der Waals surface area (Å²) < 4.78 is 6.81. The minimum Gasteiger partial charge on any atom is -0.436 e. The van der Waals surface area contributed by atoms with Crippen LogP contribution in [0.1, 0.15) is 42.1 Å². The van der Waals surface area contributed by atoms with E-state index in [4.69, 9.17) is 28.2 Å². The van der Waals surface area contributed by atoms with E-state index in [9.17, 15) is 4.79 Å². The normalized spacial score (nSPS) is 11.9. The number of thiocarbonyl (C=S) groups is 1. The number of amides is 1. The number of benzene rings is 3. The number of hydrogen-bond donors (Lipinski definition) is 2. The maximum Gasteiger partial charge on any atom is 0.258 e. The Hall–Kier alpha value is -2.49. The summed E-state index contributed by atoms with van der Waals surface area (Å²) in [5.74, 6) is 0.650. The first kappa shape index (κ1) is 23.7. The predicted molar refractivity (Wildman–Crippen MR) is 146 cm³/mol. The molecule has 8 heteroatoms. The number of anilines is 1. The van der Waals surface area contributed by atoms with E-state index < -0.39 is 0 Å². The molecule has 0 saturated heterocycles. The van der Waals surface area contributed by atoms with E-state index in [0.717, 1.165) is 26.7 Å². The molecule has 0 radical (unpaired) electrons. The third-order valence-corrected chi connectivity index (χ3v) is 6.87. The minimum atomic E-state index is -0.291. The zero-order valence-corrected chi connectivity index (χ0v) is 21.7. The lowest BCUT2D eigenvalue weighted by molar-refractivity contribution is 0.0977. The Balaban J connectivity index is 1.55. The largest absolute Gasteiger partial charge is 0.436 e. The molecule has 0 aliphatic carbocycles.